The Hall–Kier alpha value is -4.17. The van der Waals surface area contributed by atoms with E-state index in [0.29, 0.717) is 22.4 Å². The van der Waals surface area contributed by atoms with Gasteiger partial charge < -0.3 is 19.9 Å². The predicted octanol–water partition coefficient (Wildman–Crippen LogP) is 5.79. The Labute approximate surface area is 228 Å². The van der Waals surface area contributed by atoms with Crippen LogP contribution in [0.4, 0.5) is 10.5 Å². The maximum absolute atomic E-state index is 13.0. The average Bonchev–Trinajstić information content (AvgIpc) is 3.19. The minimum atomic E-state index is -1.11. The van der Waals surface area contributed by atoms with E-state index in [0.717, 1.165) is 22.3 Å². The number of rotatable bonds is 8. The summed E-state index contributed by atoms with van der Waals surface area (Å²) >= 11 is 0. The summed E-state index contributed by atoms with van der Waals surface area (Å²) in [6.45, 7) is 9.11. The number of ether oxygens (including phenoxy) is 2. The van der Waals surface area contributed by atoms with Crippen molar-refractivity contribution in [3.05, 3.63) is 88.0 Å². The summed E-state index contributed by atoms with van der Waals surface area (Å²) in [6, 6.07) is 17.7. The number of hydrogen-bond donors (Lipinski definition) is 3. The van der Waals surface area contributed by atoms with Crippen LogP contribution in [-0.2, 0) is 20.8 Å². The quantitative estimate of drug-likeness (QED) is 0.316. The zero-order chi connectivity index (χ0) is 28.3. The Morgan fingerprint density at radius 1 is 0.923 bits per heavy atom. The minimum Gasteiger partial charge on any atom is -0.478 e. The van der Waals surface area contributed by atoms with Gasteiger partial charge in [0.25, 0.3) is 0 Å². The normalized spacial score (nSPS) is 12.4. The van der Waals surface area contributed by atoms with Crippen LogP contribution in [0.5, 0.6) is 0 Å². The standard InChI is InChI=1S/C31H34N2O6/c1-18-20(15-32-16-27(34)39-31(3,4)5)14-25(29(35)36)19(2)28(18)33-30(37)38-17-26-23-12-8-6-10-21(23)22-11-7-9-13-24(22)26/h6-14,26,32H,15-17H2,1-5H3,(H,33,37)(H,35,36). The van der Waals surface area contributed by atoms with Gasteiger partial charge in [0.2, 0.25) is 0 Å². The SMILES string of the molecule is Cc1c(CNCC(=O)OC(C)(C)C)cc(C(=O)O)c(C)c1NC(=O)OCC1c2ccccc2-c2ccccc21. The van der Waals surface area contributed by atoms with Crippen molar-refractivity contribution in [3.63, 3.8) is 0 Å². The van der Waals surface area contributed by atoms with Crippen LogP contribution >= 0.6 is 0 Å². The first-order chi connectivity index (χ1) is 18.5. The molecule has 0 radical (unpaired) electrons. The second-order valence-corrected chi connectivity index (χ2v) is 10.7. The third-order valence-electron chi connectivity index (χ3n) is 6.76. The van der Waals surface area contributed by atoms with Gasteiger partial charge in [-0.05, 0) is 79.6 Å². The van der Waals surface area contributed by atoms with Gasteiger partial charge in [-0.15, -0.1) is 0 Å². The van der Waals surface area contributed by atoms with Crippen molar-refractivity contribution in [2.75, 3.05) is 18.5 Å². The van der Waals surface area contributed by atoms with E-state index in [4.69, 9.17) is 9.47 Å². The fourth-order valence-electron chi connectivity index (χ4n) is 4.97. The summed E-state index contributed by atoms with van der Waals surface area (Å²) < 4.78 is 11.0. The lowest BCUT2D eigenvalue weighted by molar-refractivity contribution is -0.153. The van der Waals surface area contributed by atoms with Crippen LogP contribution in [0.1, 0.15) is 64.9 Å². The average molecular weight is 531 g/mol. The van der Waals surface area contributed by atoms with Crippen molar-refractivity contribution in [1.82, 2.24) is 5.32 Å². The Morgan fingerprint density at radius 2 is 1.51 bits per heavy atom. The van der Waals surface area contributed by atoms with Gasteiger partial charge in [0, 0.05) is 12.5 Å². The molecule has 0 saturated carbocycles. The molecule has 8 heteroatoms. The molecule has 1 aliphatic rings. The maximum Gasteiger partial charge on any atom is 0.411 e. The second kappa shape index (κ2) is 11.3. The van der Waals surface area contributed by atoms with Crippen LogP contribution in [0.3, 0.4) is 0 Å². The van der Waals surface area contributed by atoms with E-state index in [1.165, 1.54) is 0 Å². The van der Waals surface area contributed by atoms with E-state index in [1.54, 1.807) is 40.7 Å². The van der Waals surface area contributed by atoms with Gasteiger partial charge in [0.1, 0.15) is 12.2 Å². The molecule has 8 nitrogen and oxygen atoms in total. The zero-order valence-corrected chi connectivity index (χ0v) is 22.9. The van der Waals surface area contributed by atoms with E-state index in [9.17, 15) is 19.5 Å². The van der Waals surface area contributed by atoms with Crippen LogP contribution < -0.4 is 10.6 Å². The molecule has 0 heterocycles. The van der Waals surface area contributed by atoms with Crippen molar-refractivity contribution >= 4 is 23.7 Å². The summed E-state index contributed by atoms with van der Waals surface area (Å²) in [7, 11) is 0. The molecule has 0 unspecified atom stereocenters. The first kappa shape index (κ1) is 27.9. The number of carbonyl (C=O) groups excluding carboxylic acids is 2. The Bertz CT molecular complexity index is 1380. The lowest BCUT2D eigenvalue weighted by atomic mass is 9.96. The number of hydrogen-bond acceptors (Lipinski definition) is 6. The fourth-order valence-corrected chi connectivity index (χ4v) is 4.97. The molecule has 39 heavy (non-hydrogen) atoms. The topological polar surface area (TPSA) is 114 Å². The number of nitrogens with one attached hydrogen (secondary N) is 2. The monoisotopic (exact) mass is 530 g/mol. The third kappa shape index (κ3) is 6.29. The molecule has 3 N–H and O–H groups in total. The molecule has 204 valence electrons. The van der Waals surface area contributed by atoms with Gasteiger partial charge in [-0.3, -0.25) is 10.1 Å². The molecular formula is C31H34N2O6. The fraction of sp³-hybridized carbons (Fsp3) is 0.323. The summed E-state index contributed by atoms with van der Waals surface area (Å²) in [5.74, 6) is -1.62. The highest BCUT2D eigenvalue weighted by atomic mass is 16.6. The van der Waals surface area contributed by atoms with Crippen molar-refractivity contribution in [3.8, 4) is 11.1 Å². The van der Waals surface area contributed by atoms with Crippen LogP contribution in [0.25, 0.3) is 11.1 Å². The van der Waals surface area contributed by atoms with E-state index in [-0.39, 0.29) is 31.2 Å². The van der Waals surface area contributed by atoms with Gasteiger partial charge in [-0.1, -0.05) is 48.5 Å². The van der Waals surface area contributed by atoms with E-state index < -0.39 is 23.6 Å². The number of benzene rings is 3. The summed E-state index contributed by atoms with van der Waals surface area (Å²) in [5, 5.41) is 15.5. The van der Waals surface area contributed by atoms with E-state index in [1.807, 2.05) is 36.4 Å². The summed E-state index contributed by atoms with van der Waals surface area (Å²) in [4.78, 5) is 37.0. The second-order valence-electron chi connectivity index (χ2n) is 10.7. The molecule has 4 rings (SSSR count). The van der Waals surface area contributed by atoms with Crippen LogP contribution in [-0.4, -0.2) is 41.9 Å². The van der Waals surface area contributed by atoms with Crippen molar-refractivity contribution in [2.45, 2.75) is 52.7 Å². The van der Waals surface area contributed by atoms with E-state index in [2.05, 4.69) is 22.8 Å². The van der Waals surface area contributed by atoms with Gasteiger partial charge in [-0.25, -0.2) is 9.59 Å². The number of amides is 1. The smallest absolute Gasteiger partial charge is 0.411 e. The van der Waals surface area contributed by atoms with E-state index >= 15 is 0 Å². The number of esters is 1. The van der Waals surface area contributed by atoms with Crippen LogP contribution in [0.15, 0.2) is 54.6 Å². The van der Waals surface area contributed by atoms with Gasteiger partial charge in [-0.2, -0.15) is 0 Å². The minimum absolute atomic E-state index is 0.0396. The molecule has 0 aliphatic heterocycles. The van der Waals surface area contributed by atoms with Gasteiger partial charge in [0.15, 0.2) is 0 Å². The lowest BCUT2D eigenvalue weighted by Gasteiger charge is -2.21. The number of carboxylic acid groups (broad SMARTS) is 1. The first-order valence-corrected chi connectivity index (χ1v) is 12.9. The summed E-state index contributed by atoms with van der Waals surface area (Å²) in [6.07, 6.45) is -0.668. The molecular weight excluding hydrogens is 496 g/mol. The maximum atomic E-state index is 13.0. The number of aromatic carboxylic acids is 1. The number of anilines is 1. The molecule has 0 fully saturated rings. The molecule has 3 aromatic carbocycles. The number of fused-ring (bicyclic) bond motifs is 3. The van der Waals surface area contributed by atoms with Gasteiger partial charge in [0.05, 0.1) is 17.8 Å². The Morgan fingerprint density at radius 3 is 2.08 bits per heavy atom. The molecule has 0 spiro atoms. The van der Waals surface area contributed by atoms with Crippen LogP contribution in [0.2, 0.25) is 0 Å². The highest BCUT2D eigenvalue weighted by molar-refractivity contribution is 5.95. The highest BCUT2D eigenvalue weighted by Crippen LogP contribution is 2.44. The summed E-state index contributed by atoms with van der Waals surface area (Å²) in [5.41, 5.74) is 6.04. The first-order valence-electron chi connectivity index (χ1n) is 12.9. The van der Waals surface area contributed by atoms with Crippen molar-refractivity contribution in [2.24, 2.45) is 0 Å². The molecule has 0 aromatic heterocycles. The third-order valence-corrected chi connectivity index (χ3v) is 6.76. The molecule has 1 amide bonds. The predicted molar refractivity (Wildman–Crippen MR) is 149 cm³/mol. The molecule has 1 aliphatic carbocycles. The Balaban J connectivity index is 1.48. The number of carbonyl (C=O) groups is 3. The van der Waals surface area contributed by atoms with Crippen LogP contribution in [0, 0.1) is 13.8 Å². The number of carboxylic acids is 1. The van der Waals surface area contributed by atoms with Crippen molar-refractivity contribution < 1.29 is 29.0 Å². The zero-order valence-electron chi connectivity index (χ0n) is 22.9. The molecule has 3 aromatic rings. The highest BCUT2D eigenvalue weighted by Gasteiger charge is 2.29. The van der Waals surface area contributed by atoms with Gasteiger partial charge >= 0.3 is 18.0 Å². The lowest BCUT2D eigenvalue weighted by Crippen LogP contribution is -2.31. The Kier molecular flexibility index (Phi) is 8.06. The molecule has 0 bridgehead atoms. The largest absolute Gasteiger partial charge is 0.478 e. The molecule has 0 saturated heterocycles. The van der Waals surface area contributed by atoms with Crippen molar-refractivity contribution in [1.29, 1.82) is 0 Å². The molecule has 0 atom stereocenters.